The Kier molecular flexibility index (Phi) is 27.3. The minimum Gasteiger partial charge on any atom is -0.0654 e. The normalized spacial score (nSPS) is 13.1. The molecule has 0 bridgehead atoms. The van der Waals surface area contributed by atoms with Crippen molar-refractivity contribution in [1.29, 1.82) is 0 Å². The van der Waals surface area contributed by atoms with Crippen LogP contribution in [0.15, 0.2) is 48.5 Å². The molecule has 0 heteroatoms. The van der Waals surface area contributed by atoms with Gasteiger partial charge in [0.1, 0.15) is 0 Å². The highest BCUT2D eigenvalue weighted by Gasteiger charge is 2.41. The summed E-state index contributed by atoms with van der Waals surface area (Å²) in [7, 11) is 0. The van der Waals surface area contributed by atoms with E-state index in [1.807, 2.05) is 0 Å². The molecule has 1 aliphatic carbocycles. The monoisotopic (exact) mass is 727 g/mol. The van der Waals surface area contributed by atoms with Crippen LogP contribution in [0.2, 0.25) is 0 Å². The molecule has 0 radical (unpaired) electrons. The molecular weight excluding hydrogens is 637 g/mol. The molecule has 0 aromatic heterocycles. The van der Waals surface area contributed by atoms with E-state index in [2.05, 4.69) is 62.4 Å². The molecule has 0 saturated heterocycles. The van der Waals surface area contributed by atoms with Gasteiger partial charge in [-0.25, -0.2) is 0 Å². The van der Waals surface area contributed by atoms with Gasteiger partial charge in [0, 0.05) is 5.41 Å². The first-order valence-corrected chi connectivity index (χ1v) is 24.5. The van der Waals surface area contributed by atoms with E-state index in [1.54, 1.807) is 11.1 Å². The summed E-state index contributed by atoms with van der Waals surface area (Å²) in [5, 5.41) is 0. The number of hydrogen-bond acceptors (Lipinski definition) is 0. The summed E-state index contributed by atoms with van der Waals surface area (Å²) in [6.07, 6.45) is 54.8. The summed E-state index contributed by atoms with van der Waals surface area (Å²) in [6, 6.07) is 18.9. The molecule has 3 rings (SSSR count). The fraction of sp³-hybridized carbons (Fsp3) is 0.774. The van der Waals surface area contributed by atoms with Crippen molar-refractivity contribution in [2.45, 2.75) is 263 Å². The van der Waals surface area contributed by atoms with Crippen molar-refractivity contribution in [3.05, 3.63) is 59.7 Å². The van der Waals surface area contributed by atoms with Crippen LogP contribution in [0.5, 0.6) is 0 Å². The predicted octanol–water partition coefficient (Wildman–Crippen LogP) is 18.8. The van der Waals surface area contributed by atoms with Gasteiger partial charge in [-0.3, -0.25) is 0 Å². The maximum atomic E-state index is 2.48. The minimum absolute atomic E-state index is 0.233. The van der Waals surface area contributed by atoms with Gasteiger partial charge in [-0.15, -0.1) is 0 Å². The Morgan fingerprint density at radius 2 is 0.472 bits per heavy atom. The zero-order chi connectivity index (χ0) is 37.3. The van der Waals surface area contributed by atoms with Crippen molar-refractivity contribution in [2.24, 2.45) is 0 Å². The van der Waals surface area contributed by atoms with E-state index >= 15 is 0 Å². The molecule has 0 heterocycles. The standard InChI is InChI=1S/C53H90/c1-3-5-7-9-11-13-15-17-19-21-23-25-27-29-31-33-35-41-47-53(51-45-39-37-43-49(51)50-44-38-40-46-52(50)53)48-42-36-34-32-30-28-26-24-22-20-18-16-14-12-10-8-6-4-2/h37-40,43-46H,3-36,41-42,47-48H2,1-2H3. The van der Waals surface area contributed by atoms with Gasteiger partial charge in [-0.05, 0) is 35.1 Å². The molecule has 0 saturated carbocycles. The largest absolute Gasteiger partial charge is 0.0654 e. The van der Waals surface area contributed by atoms with Crippen LogP contribution in [-0.4, -0.2) is 0 Å². The van der Waals surface area contributed by atoms with E-state index < -0.39 is 0 Å². The van der Waals surface area contributed by atoms with E-state index in [1.165, 1.54) is 255 Å². The van der Waals surface area contributed by atoms with Gasteiger partial charge in [0.2, 0.25) is 0 Å². The van der Waals surface area contributed by atoms with Crippen molar-refractivity contribution in [3.63, 3.8) is 0 Å². The van der Waals surface area contributed by atoms with E-state index in [9.17, 15) is 0 Å². The van der Waals surface area contributed by atoms with E-state index in [0.717, 1.165) is 0 Å². The quantitative estimate of drug-likeness (QED) is 0.0605. The highest BCUT2D eigenvalue weighted by atomic mass is 14.4. The van der Waals surface area contributed by atoms with E-state index in [4.69, 9.17) is 0 Å². The molecule has 0 amide bonds. The number of unbranched alkanes of at least 4 members (excludes halogenated alkanes) is 34. The maximum Gasteiger partial charge on any atom is 0.0215 e. The van der Waals surface area contributed by atoms with Crippen LogP contribution in [0.1, 0.15) is 269 Å². The highest BCUT2D eigenvalue weighted by molar-refractivity contribution is 5.80. The SMILES string of the molecule is CCCCCCCCCCCCCCCCCCCCC1(CCCCCCCCCCCCCCCCCCCC)c2ccccc2-c2ccccc21. The number of fused-ring (bicyclic) bond motifs is 3. The Morgan fingerprint density at radius 1 is 0.264 bits per heavy atom. The van der Waals surface area contributed by atoms with Crippen LogP contribution in [0.25, 0.3) is 11.1 Å². The Hall–Kier alpha value is -1.56. The van der Waals surface area contributed by atoms with E-state index in [-0.39, 0.29) is 5.41 Å². The summed E-state index contributed by atoms with van der Waals surface area (Å²) in [5.74, 6) is 0. The third-order valence-electron chi connectivity index (χ3n) is 13.1. The molecule has 2 aromatic rings. The van der Waals surface area contributed by atoms with Crippen molar-refractivity contribution < 1.29 is 0 Å². The molecule has 0 nitrogen and oxygen atoms in total. The summed E-state index contributed by atoms with van der Waals surface area (Å²) in [4.78, 5) is 0. The third kappa shape index (κ3) is 19.2. The molecule has 53 heavy (non-hydrogen) atoms. The predicted molar refractivity (Wildman–Crippen MR) is 239 cm³/mol. The van der Waals surface area contributed by atoms with Crippen LogP contribution in [-0.2, 0) is 5.41 Å². The Bertz CT molecular complexity index is 1010. The number of hydrogen-bond donors (Lipinski definition) is 0. The molecule has 0 aliphatic heterocycles. The number of rotatable bonds is 38. The van der Waals surface area contributed by atoms with Crippen LogP contribution in [0.3, 0.4) is 0 Å². The zero-order valence-electron chi connectivity index (χ0n) is 36.0. The second-order valence-corrected chi connectivity index (χ2v) is 17.7. The van der Waals surface area contributed by atoms with Crippen molar-refractivity contribution >= 4 is 0 Å². The Balaban J connectivity index is 1.25. The molecule has 0 N–H and O–H groups in total. The molecular formula is C53H90. The van der Waals surface area contributed by atoms with Crippen LogP contribution < -0.4 is 0 Å². The maximum absolute atomic E-state index is 2.48. The van der Waals surface area contributed by atoms with Gasteiger partial charge >= 0.3 is 0 Å². The smallest absolute Gasteiger partial charge is 0.0215 e. The van der Waals surface area contributed by atoms with Crippen LogP contribution in [0.4, 0.5) is 0 Å². The molecule has 302 valence electrons. The van der Waals surface area contributed by atoms with Gasteiger partial charge in [0.25, 0.3) is 0 Å². The topological polar surface area (TPSA) is 0 Å². The zero-order valence-corrected chi connectivity index (χ0v) is 36.0. The molecule has 0 unspecified atom stereocenters. The first-order valence-electron chi connectivity index (χ1n) is 24.5. The Labute approximate surface area is 332 Å². The average Bonchev–Trinajstić information content (AvgIpc) is 3.46. The molecule has 1 aliphatic rings. The molecule has 2 aromatic carbocycles. The first-order chi connectivity index (χ1) is 26.3. The van der Waals surface area contributed by atoms with Gasteiger partial charge < -0.3 is 0 Å². The van der Waals surface area contributed by atoms with Crippen molar-refractivity contribution in [3.8, 4) is 11.1 Å². The lowest BCUT2D eigenvalue weighted by molar-refractivity contribution is 0.397. The van der Waals surface area contributed by atoms with Gasteiger partial charge in [0.15, 0.2) is 0 Å². The van der Waals surface area contributed by atoms with Gasteiger partial charge in [-0.2, -0.15) is 0 Å². The van der Waals surface area contributed by atoms with Crippen molar-refractivity contribution in [1.82, 2.24) is 0 Å². The molecule has 0 spiro atoms. The lowest BCUT2D eigenvalue weighted by atomic mass is 9.70. The first kappa shape index (κ1) is 45.8. The molecule has 0 atom stereocenters. The fourth-order valence-electron chi connectivity index (χ4n) is 9.74. The van der Waals surface area contributed by atoms with Crippen LogP contribution >= 0.6 is 0 Å². The average molecular weight is 727 g/mol. The lowest BCUT2D eigenvalue weighted by Crippen LogP contribution is -2.25. The minimum atomic E-state index is 0.233. The fourth-order valence-corrected chi connectivity index (χ4v) is 9.74. The summed E-state index contributed by atoms with van der Waals surface area (Å²) in [6.45, 7) is 4.63. The Morgan fingerprint density at radius 3 is 0.717 bits per heavy atom. The van der Waals surface area contributed by atoms with Gasteiger partial charge in [-0.1, -0.05) is 294 Å². The third-order valence-corrected chi connectivity index (χ3v) is 13.1. The second-order valence-electron chi connectivity index (χ2n) is 17.7. The summed E-state index contributed by atoms with van der Waals surface area (Å²) in [5.41, 5.74) is 6.55. The second kappa shape index (κ2) is 31.6. The molecule has 0 fully saturated rings. The summed E-state index contributed by atoms with van der Waals surface area (Å²) < 4.78 is 0. The highest BCUT2D eigenvalue weighted by Crippen LogP contribution is 2.54. The van der Waals surface area contributed by atoms with Crippen molar-refractivity contribution in [2.75, 3.05) is 0 Å². The lowest BCUT2D eigenvalue weighted by Gasteiger charge is -2.33. The van der Waals surface area contributed by atoms with E-state index in [0.29, 0.717) is 0 Å². The van der Waals surface area contributed by atoms with Gasteiger partial charge in [0.05, 0.1) is 0 Å². The number of benzene rings is 2. The summed E-state index contributed by atoms with van der Waals surface area (Å²) >= 11 is 0. The van der Waals surface area contributed by atoms with Crippen LogP contribution in [0, 0.1) is 0 Å².